The molecule has 0 bridgehead atoms. The number of nitrogens with zero attached hydrogens (tertiary/aromatic N) is 2. The minimum Gasteiger partial charge on any atom is -0.476 e. The van der Waals surface area contributed by atoms with Crippen molar-refractivity contribution in [3.8, 4) is 23.0 Å². The molecule has 1 heterocycles. The van der Waals surface area contributed by atoms with Crippen molar-refractivity contribution in [3.63, 3.8) is 0 Å². The van der Waals surface area contributed by atoms with Crippen molar-refractivity contribution in [1.82, 2.24) is 9.88 Å². The number of benzene rings is 3. The Morgan fingerprint density at radius 1 is 0.872 bits per heavy atom. The Balaban J connectivity index is 1.56. The molecule has 0 saturated carbocycles. The molecule has 0 saturated heterocycles. The summed E-state index contributed by atoms with van der Waals surface area (Å²) < 4.78 is 46.0. The first-order chi connectivity index (χ1) is 21.9. The van der Waals surface area contributed by atoms with Gasteiger partial charge in [-0.05, 0) is 108 Å². The highest BCUT2D eigenvalue weighted by atomic mass is 32.2. The largest absolute Gasteiger partial charge is 0.476 e. The molecule has 0 unspecified atom stereocenters. The van der Waals surface area contributed by atoms with Crippen LogP contribution in [0.15, 0.2) is 71.1 Å². The van der Waals surface area contributed by atoms with Crippen LogP contribution in [0.25, 0.3) is 11.5 Å². The predicted molar refractivity (Wildman–Crippen MR) is 183 cm³/mol. The molecular weight excluding hydrogens is 616 g/mol. The van der Waals surface area contributed by atoms with E-state index >= 15 is 0 Å². The van der Waals surface area contributed by atoms with E-state index in [1.807, 2.05) is 84.0 Å². The van der Waals surface area contributed by atoms with Crippen LogP contribution in [-0.2, 0) is 39.2 Å². The number of carbonyl (C=O) groups excluding carboxylic acids is 1. The van der Waals surface area contributed by atoms with E-state index in [4.69, 9.17) is 23.1 Å². The zero-order valence-corrected chi connectivity index (χ0v) is 29.7. The van der Waals surface area contributed by atoms with Crippen molar-refractivity contribution < 1.29 is 31.3 Å². The maximum absolute atomic E-state index is 12.9. The number of oxazole rings is 1. The molecule has 4 rings (SSSR count). The fraction of sp³-hybridized carbons (Fsp3) is 0.405. The number of esters is 1. The van der Waals surface area contributed by atoms with E-state index in [0.717, 1.165) is 45.5 Å². The fourth-order valence-electron chi connectivity index (χ4n) is 5.13. The quantitative estimate of drug-likeness (QED) is 0.107. The molecule has 0 aliphatic heterocycles. The standard InChI is InChI=1S/C37H46N2O7S/c1-25-21-29(22-26(2)33(25)44-37(7,8)35(40)45-36(4,5)6)23-39(20-19-28-15-17-31(18-16-28)46-47(9,41)42)24-32-27(3)43-34(38-32)30-13-11-10-12-14-30/h10-18,21-22H,19-20,23-24H2,1-9H3. The van der Waals surface area contributed by atoms with Gasteiger partial charge in [-0.1, -0.05) is 42.5 Å². The molecular formula is C37H46N2O7S. The first-order valence-electron chi connectivity index (χ1n) is 15.6. The molecule has 47 heavy (non-hydrogen) atoms. The number of carbonyl (C=O) groups is 1. The van der Waals surface area contributed by atoms with Crippen LogP contribution in [0.2, 0.25) is 0 Å². The predicted octanol–water partition coefficient (Wildman–Crippen LogP) is 7.35. The van der Waals surface area contributed by atoms with Crippen molar-refractivity contribution in [2.24, 2.45) is 0 Å². The van der Waals surface area contributed by atoms with Gasteiger partial charge in [0.1, 0.15) is 22.9 Å². The highest BCUT2D eigenvalue weighted by molar-refractivity contribution is 7.86. The van der Waals surface area contributed by atoms with E-state index in [-0.39, 0.29) is 5.75 Å². The van der Waals surface area contributed by atoms with Gasteiger partial charge in [-0.25, -0.2) is 9.78 Å². The second kappa shape index (κ2) is 14.3. The number of rotatable bonds is 13. The molecule has 0 aliphatic carbocycles. The van der Waals surface area contributed by atoms with E-state index in [1.54, 1.807) is 26.0 Å². The van der Waals surface area contributed by atoms with Gasteiger partial charge in [0.25, 0.3) is 0 Å². The molecule has 0 amide bonds. The monoisotopic (exact) mass is 662 g/mol. The molecule has 4 aromatic rings. The van der Waals surface area contributed by atoms with E-state index < -0.39 is 27.3 Å². The van der Waals surface area contributed by atoms with Crippen molar-refractivity contribution in [2.45, 2.75) is 86.1 Å². The molecule has 10 heteroatoms. The Morgan fingerprint density at radius 3 is 2.06 bits per heavy atom. The van der Waals surface area contributed by atoms with Gasteiger partial charge in [-0.3, -0.25) is 4.90 Å². The summed E-state index contributed by atoms with van der Waals surface area (Å²) in [4.78, 5) is 20.0. The van der Waals surface area contributed by atoms with Gasteiger partial charge < -0.3 is 18.1 Å². The van der Waals surface area contributed by atoms with Gasteiger partial charge in [-0.15, -0.1) is 0 Å². The first-order valence-corrected chi connectivity index (χ1v) is 17.5. The average molecular weight is 663 g/mol. The smallest absolute Gasteiger partial charge is 0.350 e. The summed E-state index contributed by atoms with van der Waals surface area (Å²) in [6.45, 7) is 16.7. The van der Waals surface area contributed by atoms with Gasteiger partial charge in [0.15, 0.2) is 5.60 Å². The molecule has 0 fully saturated rings. The van der Waals surface area contributed by atoms with E-state index in [2.05, 4.69) is 17.0 Å². The summed E-state index contributed by atoms with van der Waals surface area (Å²) in [6, 6.07) is 21.1. The minimum atomic E-state index is -3.60. The third kappa shape index (κ3) is 10.4. The van der Waals surface area contributed by atoms with E-state index in [1.165, 1.54) is 0 Å². The van der Waals surface area contributed by atoms with E-state index in [0.29, 0.717) is 37.7 Å². The third-order valence-corrected chi connectivity index (χ3v) is 7.84. The number of aromatic nitrogens is 1. The van der Waals surface area contributed by atoms with Crippen LogP contribution in [0, 0.1) is 20.8 Å². The molecule has 3 aromatic carbocycles. The van der Waals surface area contributed by atoms with Crippen molar-refractivity contribution >= 4 is 16.1 Å². The summed E-state index contributed by atoms with van der Waals surface area (Å²) in [5.41, 5.74) is 3.95. The lowest BCUT2D eigenvalue weighted by Crippen LogP contribution is -2.43. The summed E-state index contributed by atoms with van der Waals surface area (Å²) in [6.07, 6.45) is 1.74. The lowest BCUT2D eigenvalue weighted by Gasteiger charge is -2.30. The van der Waals surface area contributed by atoms with Crippen molar-refractivity contribution in [2.75, 3.05) is 12.8 Å². The maximum Gasteiger partial charge on any atom is 0.350 e. The molecule has 0 radical (unpaired) electrons. The second-order valence-corrected chi connectivity index (χ2v) is 15.0. The number of aryl methyl sites for hydroxylation is 3. The van der Waals surface area contributed by atoms with Crippen LogP contribution in [0.4, 0.5) is 0 Å². The summed E-state index contributed by atoms with van der Waals surface area (Å²) in [5.74, 6) is 1.86. The zero-order chi connectivity index (χ0) is 34.6. The highest BCUT2D eigenvalue weighted by Gasteiger charge is 2.35. The summed E-state index contributed by atoms with van der Waals surface area (Å²) in [5, 5.41) is 0. The van der Waals surface area contributed by atoms with Crippen LogP contribution < -0.4 is 8.92 Å². The van der Waals surface area contributed by atoms with Gasteiger partial charge in [0, 0.05) is 25.2 Å². The molecule has 0 atom stereocenters. The zero-order valence-electron chi connectivity index (χ0n) is 28.8. The SMILES string of the molecule is Cc1cc(CN(CCc2ccc(OS(C)(=O)=O)cc2)Cc2nc(-c3ccccc3)oc2C)cc(C)c1OC(C)(C)C(=O)OC(C)(C)C. The van der Waals surface area contributed by atoms with Crippen molar-refractivity contribution in [3.05, 3.63) is 100 Å². The molecule has 0 spiro atoms. The van der Waals surface area contributed by atoms with Gasteiger partial charge >= 0.3 is 16.1 Å². The van der Waals surface area contributed by atoms with Gasteiger partial charge in [0.05, 0.1) is 11.9 Å². The summed E-state index contributed by atoms with van der Waals surface area (Å²) >= 11 is 0. The lowest BCUT2D eigenvalue weighted by molar-refractivity contribution is -0.171. The third-order valence-electron chi connectivity index (χ3n) is 7.35. The van der Waals surface area contributed by atoms with Crippen LogP contribution in [0.5, 0.6) is 11.5 Å². The average Bonchev–Trinajstić information content (AvgIpc) is 3.33. The van der Waals surface area contributed by atoms with Crippen LogP contribution in [-0.4, -0.2) is 48.3 Å². The molecule has 1 aromatic heterocycles. The van der Waals surface area contributed by atoms with Crippen LogP contribution >= 0.6 is 0 Å². The Kier molecular flexibility index (Phi) is 10.9. The number of ether oxygens (including phenoxy) is 2. The molecule has 9 nitrogen and oxygen atoms in total. The highest BCUT2D eigenvalue weighted by Crippen LogP contribution is 2.31. The Morgan fingerprint density at radius 2 is 1.49 bits per heavy atom. The number of hydrogen-bond donors (Lipinski definition) is 0. The van der Waals surface area contributed by atoms with Crippen LogP contribution in [0.3, 0.4) is 0 Å². The topological polar surface area (TPSA) is 108 Å². The second-order valence-electron chi connectivity index (χ2n) is 13.5. The number of hydrogen-bond acceptors (Lipinski definition) is 9. The van der Waals surface area contributed by atoms with Crippen molar-refractivity contribution in [1.29, 1.82) is 0 Å². The van der Waals surface area contributed by atoms with Crippen LogP contribution in [0.1, 0.15) is 68.3 Å². The molecule has 252 valence electrons. The van der Waals surface area contributed by atoms with Gasteiger partial charge in [0.2, 0.25) is 5.89 Å². The minimum absolute atomic E-state index is 0.280. The van der Waals surface area contributed by atoms with E-state index in [9.17, 15) is 13.2 Å². The lowest BCUT2D eigenvalue weighted by atomic mass is 10.0. The Bertz CT molecular complexity index is 1770. The maximum atomic E-state index is 12.9. The fourth-order valence-corrected chi connectivity index (χ4v) is 5.59. The molecule has 0 N–H and O–H groups in total. The Labute approximate surface area is 279 Å². The first kappa shape index (κ1) is 35.7. The Hall–Kier alpha value is -4.15. The normalized spacial score (nSPS) is 12.3. The molecule has 0 aliphatic rings. The van der Waals surface area contributed by atoms with Gasteiger partial charge in [-0.2, -0.15) is 8.42 Å². The summed E-state index contributed by atoms with van der Waals surface area (Å²) in [7, 11) is -3.60.